The first-order chi connectivity index (χ1) is 7.65. The summed E-state index contributed by atoms with van der Waals surface area (Å²) in [5.74, 6) is -0.220. The highest BCUT2D eigenvalue weighted by Gasteiger charge is 2.08. The molecule has 0 bridgehead atoms. The highest BCUT2D eigenvalue weighted by molar-refractivity contribution is 9.10. The molecule has 0 aromatic heterocycles. The second-order valence-electron chi connectivity index (χ2n) is 3.69. The Morgan fingerprint density at radius 3 is 2.88 bits per heavy atom. The number of halogens is 2. The molecular weight excluding hydrogens is 273 g/mol. The molecule has 1 unspecified atom stereocenters. The van der Waals surface area contributed by atoms with Crippen LogP contribution in [0.25, 0.3) is 0 Å². The van der Waals surface area contributed by atoms with Crippen molar-refractivity contribution in [1.82, 2.24) is 5.32 Å². The van der Waals surface area contributed by atoms with Crippen LogP contribution in [0.5, 0.6) is 0 Å². The first-order valence-electron chi connectivity index (χ1n) is 5.32. The van der Waals surface area contributed by atoms with Crippen molar-refractivity contribution in [3.63, 3.8) is 0 Å². The van der Waals surface area contributed by atoms with E-state index in [1.54, 1.807) is 13.2 Å². The van der Waals surface area contributed by atoms with Crippen LogP contribution < -0.4 is 5.32 Å². The lowest BCUT2D eigenvalue weighted by molar-refractivity contribution is 0.193. The number of hydrogen-bond acceptors (Lipinski definition) is 2. The Kier molecular flexibility index (Phi) is 5.95. The molecule has 0 aliphatic rings. The van der Waals surface area contributed by atoms with Gasteiger partial charge in [0.25, 0.3) is 0 Å². The summed E-state index contributed by atoms with van der Waals surface area (Å²) in [4.78, 5) is 0. The van der Waals surface area contributed by atoms with Crippen molar-refractivity contribution in [1.29, 1.82) is 0 Å². The zero-order valence-electron chi connectivity index (χ0n) is 9.59. The summed E-state index contributed by atoms with van der Waals surface area (Å²) in [5.41, 5.74) is 1.07. The maximum Gasteiger partial charge on any atom is 0.124 e. The quantitative estimate of drug-likeness (QED) is 0.812. The summed E-state index contributed by atoms with van der Waals surface area (Å²) < 4.78 is 18.7. The molecule has 0 aliphatic heterocycles. The van der Waals surface area contributed by atoms with Crippen molar-refractivity contribution >= 4 is 15.9 Å². The van der Waals surface area contributed by atoms with E-state index < -0.39 is 0 Å². The molecule has 90 valence electrons. The normalized spacial score (nSPS) is 12.8. The lowest BCUT2D eigenvalue weighted by Gasteiger charge is -2.15. The smallest absolute Gasteiger partial charge is 0.124 e. The van der Waals surface area contributed by atoms with Gasteiger partial charge < -0.3 is 10.1 Å². The van der Waals surface area contributed by atoms with Crippen LogP contribution in [-0.4, -0.2) is 20.3 Å². The molecule has 0 radical (unpaired) electrons. The largest absolute Gasteiger partial charge is 0.385 e. The Balaban J connectivity index is 2.49. The van der Waals surface area contributed by atoms with Gasteiger partial charge in [0.15, 0.2) is 0 Å². The summed E-state index contributed by atoms with van der Waals surface area (Å²) in [7, 11) is 1.69. The van der Waals surface area contributed by atoms with E-state index in [-0.39, 0.29) is 11.9 Å². The molecule has 0 heterocycles. The van der Waals surface area contributed by atoms with E-state index in [4.69, 9.17) is 4.74 Å². The molecule has 1 N–H and O–H groups in total. The molecule has 0 amide bonds. The van der Waals surface area contributed by atoms with Gasteiger partial charge in [-0.1, -0.05) is 22.0 Å². The van der Waals surface area contributed by atoms with E-state index in [0.29, 0.717) is 0 Å². The Bertz CT molecular complexity index is 333. The molecule has 0 saturated heterocycles. The summed E-state index contributed by atoms with van der Waals surface area (Å²) in [6, 6.07) is 4.97. The fourth-order valence-electron chi connectivity index (χ4n) is 1.50. The predicted octanol–water partition coefficient (Wildman–Crippen LogP) is 3.28. The van der Waals surface area contributed by atoms with Gasteiger partial charge in [-0.2, -0.15) is 0 Å². The average Bonchev–Trinajstić information content (AvgIpc) is 2.24. The number of ether oxygens (including phenoxy) is 1. The molecule has 2 nitrogen and oxygen atoms in total. The molecule has 0 aliphatic carbocycles. The van der Waals surface area contributed by atoms with E-state index >= 15 is 0 Å². The lowest BCUT2D eigenvalue weighted by Crippen LogP contribution is -2.21. The van der Waals surface area contributed by atoms with Crippen LogP contribution >= 0.6 is 15.9 Å². The van der Waals surface area contributed by atoms with E-state index in [2.05, 4.69) is 28.2 Å². The molecular formula is C12H17BrFNO. The molecule has 4 heteroatoms. The van der Waals surface area contributed by atoms with Crippen LogP contribution in [0, 0.1) is 5.82 Å². The van der Waals surface area contributed by atoms with Crippen molar-refractivity contribution in [3.05, 3.63) is 34.1 Å². The number of benzene rings is 1. The number of rotatable bonds is 6. The van der Waals surface area contributed by atoms with Gasteiger partial charge in [0.2, 0.25) is 0 Å². The Labute approximate surface area is 104 Å². The SMILES string of the molecule is COCCCNC(C)c1ccc(F)cc1Br. The maximum absolute atomic E-state index is 12.9. The van der Waals surface area contributed by atoms with E-state index in [0.717, 1.165) is 29.6 Å². The average molecular weight is 290 g/mol. The van der Waals surface area contributed by atoms with E-state index in [1.165, 1.54) is 12.1 Å². The third kappa shape index (κ3) is 4.20. The van der Waals surface area contributed by atoms with Gasteiger partial charge in [-0.15, -0.1) is 0 Å². The van der Waals surface area contributed by atoms with Crippen LogP contribution in [0.3, 0.4) is 0 Å². The molecule has 0 fully saturated rings. The van der Waals surface area contributed by atoms with Gasteiger partial charge in [-0.25, -0.2) is 4.39 Å². The monoisotopic (exact) mass is 289 g/mol. The molecule has 1 aromatic carbocycles. The van der Waals surface area contributed by atoms with Crippen molar-refractivity contribution in [2.75, 3.05) is 20.3 Å². The van der Waals surface area contributed by atoms with Crippen LogP contribution in [-0.2, 0) is 4.74 Å². The summed E-state index contributed by atoms with van der Waals surface area (Å²) in [6.45, 7) is 3.70. The lowest BCUT2D eigenvalue weighted by atomic mass is 10.1. The fourth-order valence-corrected chi connectivity index (χ4v) is 2.19. The van der Waals surface area contributed by atoms with E-state index in [1.807, 2.05) is 0 Å². The molecule has 1 rings (SSSR count). The van der Waals surface area contributed by atoms with Crippen molar-refractivity contribution < 1.29 is 9.13 Å². The molecule has 1 aromatic rings. The van der Waals surface area contributed by atoms with Crippen LogP contribution in [0.4, 0.5) is 4.39 Å². The first-order valence-corrected chi connectivity index (χ1v) is 6.11. The predicted molar refractivity (Wildman–Crippen MR) is 67.0 cm³/mol. The standard InChI is InChI=1S/C12H17BrFNO/c1-9(15-6-3-7-16-2)11-5-4-10(14)8-12(11)13/h4-5,8-9,15H,3,6-7H2,1-2H3. The second-order valence-corrected chi connectivity index (χ2v) is 4.54. The first kappa shape index (κ1) is 13.6. The van der Waals surface area contributed by atoms with Gasteiger partial charge in [-0.05, 0) is 37.6 Å². The van der Waals surface area contributed by atoms with Gasteiger partial charge in [0, 0.05) is 24.2 Å². The molecule has 1 atom stereocenters. The Morgan fingerprint density at radius 2 is 2.25 bits per heavy atom. The maximum atomic E-state index is 12.9. The summed E-state index contributed by atoms with van der Waals surface area (Å²) >= 11 is 3.37. The van der Waals surface area contributed by atoms with Gasteiger partial charge >= 0.3 is 0 Å². The second kappa shape index (κ2) is 6.99. The van der Waals surface area contributed by atoms with Gasteiger partial charge in [0.1, 0.15) is 5.82 Å². The Hall–Kier alpha value is -0.450. The topological polar surface area (TPSA) is 21.3 Å². The van der Waals surface area contributed by atoms with Crippen molar-refractivity contribution in [2.24, 2.45) is 0 Å². The molecule has 16 heavy (non-hydrogen) atoms. The van der Waals surface area contributed by atoms with Crippen LogP contribution in [0.2, 0.25) is 0 Å². The van der Waals surface area contributed by atoms with Gasteiger partial charge in [-0.3, -0.25) is 0 Å². The number of methoxy groups -OCH3 is 1. The van der Waals surface area contributed by atoms with E-state index in [9.17, 15) is 4.39 Å². The van der Waals surface area contributed by atoms with Crippen molar-refractivity contribution in [3.8, 4) is 0 Å². The van der Waals surface area contributed by atoms with Crippen molar-refractivity contribution in [2.45, 2.75) is 19.4 Å². The summed E-state index contributed by atoms with van der Waals surface area (Å²) in [5, 5.41) is 3.36. The minimum absolute atomic E-state index is 0.201. The highest BCUT2D eigenvalue weighted by Crippen LogP contribution is 2.23. The van der Waals surface area contributed by atoms with Gasteiger partial charge in [0.05, 0.1) is 0 Å². The fraction of sp³-hybridized carbons (Fsp3) is 0.500. The number of hydrogen-bond donors (Lipinski definition) is 1. The third-order valence-corrected chi connectivity index (χ3v) is 3.09. The number of nitrogens with one attached hydrogen (secondary N) is 1. The molecule has 0 saturated carbocycles. The minimum Gasteiger partial charge on any atom is -0.385 e. The Morgan fingerprint density at radius 1 is 1.50 bits per heavy atom. The third-order valence-electron chi connectivity index (χ3n) is 2.40. The summed E-state index contributed by atoms with van der Waals surface area (Å²) in [6.07, 6.45) is 0.972. The minimum atomic E-state index is -0.220. The zero-order valence-corrected chi connectivity index (χ0v) is 11.2. The van der Waals surface area contributed by atoms with Crippen LogP contribution in [0.15, 0.2) is 22.7 Å². The highest BCUT2D eigenvalue weighted by atomic mass is 79.9. The van der Waals surface area contributed by atoms with Crippen LogP contribution in [0.1, 0.15) is 24.9 Å². The molecule has 0 spiro atoms. The zero-order chi connectivity index (χ0) is 12.0.